The number of nitrogens with one attached hydrogen (secondary N) is 2. The number of carbonyl (C=O) groups is 1. The molecule has 3 aliphatic rings. The van der Waals surface area contributed by atoms with Gasteiger partial charge in [0.15, 0.2) is 5.13 Å². The lowest BCUT2D eigenvalue weighted by atomic mass is 10.1. The molecule has 11 nitrogen and oxygen atoms in total. The number of piperazine rings is 1. The molecule has 0 saturated carbocycles. The van der Waals surface area contributed by atoms with Crippen LogP contribution in [0.4, 0.5) is 9.52 Å². The van der Waals surface area contributed by atoms with E-state index >= 15 is 0 Å². The van der Waals surface area contributed by atoms with Gasteiger partial charge in [-0.15, -0.1) is 0 Å². The molecule has 2 fully saturated rings. The lowest BCUT2D eigenvalue weighted by Crippen LogP contribution is -2.57. The fourth-order valence-corrected chi connectivity index (χ4v) is 6.01. The third-order valence-electron chi connectivity index (χ3n) is 7.37. The van der Waals surface area contributed by atoms with Crippen molar-refractivity contribution in [1.29, 1.82) is 10.7 Å². The number of aromatic nitrogens is 1. The summed E-state index contributed by atoms with van der Waals surface area (Å²) in [4.78, 5) is 30.4. The third kappa shape index (κ3) is 6.20. The van der Waals surface area contributed by atoms with E-state index in [1.165, 1.54) is 23.5 Å². The molecule has 1 amide bonds. The highest BCUT2D eigenvalue weighted by molar-refractivity contribution is 7.16. The Balaban J connectivity index is 1.37. The number of hydrogen-bond acceptors (Lipinski definition) is 11. The van der Waals surface area contributed by atoms with Gasteiger partial charge in [0, 0.05) is 57.9 Å². The number of nitrogens with zero attached hydrogens (tertiary/aromatic N) is 7. The summed E-state index contributed by atoms with van der Waals surface area (Å²) in [5.41, 5.74) is 1.87. The minimum atomic E-state index is -0.403. The largest absolute Gasteiger partial charge is 0.389 e. The number of aliphatic imine (C=N–C) groups is 1. The number of likely N-dealkylation sites (tertiary alicyclic amines) is 1. The number of benzene rings is 1. The minimum absolute atomic E-state index is 0.0431. The van der Waals surface area contributed by atoms with E-state index in [0.29, 0.717) is 91.7 Å². The number of amidine groups is 1. The zero-order valence-electron chi connectivity index (χ0n) is 23.7. The summed E-state index contributed by atoms with van der Waals surface area (Å²) in [7, 11) is 0. The molecule has 42 heavy (non-hydrogen) atoms. The van der Waals surface area contributed by atoms with Crippen LogP contribution < -0.4 is 10.2 Å². The molecule has 3 aliphatic heterocycles. The van der Waals surface area contributed by atoms with Crippen molar-refractivity contribution in [2.24, 2.45) is 4.99 Å². The summed E-state index contributed by atoms with van der Waals surface area (Å²) in [6.07, 6.45) is 3.18. The average Bonchev–Trinajstić information content (AvgIpc) is 3.40. The molecule has 0 bridgehead atoms. The number of hydrogen-bond donors (Lipinski definition) is 3. The summed E-state index contributed by atoms with van der Waals surface area (Å²) in [5.74, 6) is 1.05. The van der Waals surface area contributed by atoms with Crippen molar-refractivity contribution in [3.05, 3.63) is 58.6 Å². The smallest absolute Gasteiger partial charge is 0.236 e. The Kier molecular flexibility index (Phi) is 8.96. The van der Waals surface area contributed by atoms with Gasteiger partial charge < -0.3 is 25.1 Å². The first-order valence-corrected chi connectivity index (χ1v) is 14.8. The van der Waals surface area contributed by atoms with Crippen molar-refractivity contribution in [3.8, 4) is 17.3 Å². The van der Waals surface area contributed by atoms with Crippen LogP contribution in [0.15, 0.2) is 52.9 Å². The van der Waals surface area contributed by atoms with Crippen molar-refractivity contribution in [2.75, 3.05) is 63.8 Å². The summed E-state index contributed by atoms with van der Waals surface area (Å²) < 4.78 is 13.5. The molecule has 13 heteroatoms. The monoisotopic (exact) mass is 591 g/mol. The van der Waals surface area contributed by atoms with E-state index in [9.17, 15) is 19.6 Å². The Morgan fingerprint density at radius 1 is 1.21 bits per heavy atom. The van der Waals surface area contributed by atoms with Crippen LogP contribution in [0.5, 0.6) is 0 Å². The minimum Gasteiger partial charge on any atom is -0.389 e. The fraction of sp³-hybridized carbons (Fsp3) is 0.414. The SMILES string of the molecule is CCN/C(=C1/N=C(N2CCN(CC(=O)N3CC(O)C3)CC2)C=CC1=N)N(CC)c1nc(-c2ccc(F)cc2)c(C#N)s1. The number of allylic oxidation sites excluding steroid dienone is 1. The molecule has 220 valence electrons. The molecular weight excluding hydrogens is 557 g/mol. The molecule has 0 aliphatic carbocycles. The Hall–Kier alpha value is -4.12. The number of aliphatic hydroxyl groups is 1. The second kappa shape index (κ2) is 12.8. The summed E-state index contributed by atoms with van der Waals surface area (Å²) in [6, 6.07) is 8.13. The number of β-amino-alcohol motifs (C(OH)–C–C–N with tert-alkyl or cyclic N) is 1. The highest BCUT2D eigenvalue weighted by Gasteiger charge is 2.31. The fourth-order valence-electron chi connectivity index (χ4n) is 5.06. The van der Waals surface area contributed by atoms with Gasteiger partial charge in [-0.25, -0.2) is 14.4 Å². The Morgan fingerprint density at radius 3 is 2.55 bits per heavy atom. The number of dihydropyridines is 1. The molecule has 0 unspecified atom stereocenters. The van der Waals surface area contributed by atoms with E-state index in [-0.39, 0.29) is 17.4 Å². The molecule has 2 saturated heterocycles. The quantitative estimate of drug-likeness (QED) is 0.426. The standard InChI is InChI=1S/C29H34FN9O2S/c1-3-33-28(39(4-2)29-35-26(23(15-31)42-29)19-5-7-20(30)8-6-19)27-22(32)9-10-24(34-27)37-13-11-36(12-14-37)18-25(41)38-16-21(40)17-38/h5-10,21,32-33,40H,3-4,11-14,16-18H2,1-2H3/b28-27-,32-22?. The molecule has 5 rings (SSSR count). The van der Waals surface area contributed by atoms with Crippen LogP contribution in [0.2, 0.25) is 0 Å². The number of aliphatic hydroxyl groups excluding tert-OH is 1. The molecule has 3 N–H and O–H groups in total. The van der Waals surface area contributed by atoms with Gasteiger partial charge in [-0.2, -0.15) is 5.26 Å². The van der Waals surface area contributed by atoms with Crippen LogP contribution in [-0.4, -0.2) is 107 Å². The summed E-state index contributed by atoms with van der Waals surface area (Å²) >= 11 is 1.24. The number of amides is 1. The Bertz CT molecular complexity index is 1460. The van der Waals surface area contributed by atoms with E-state index in [0.717, 1.165) is 5.84 Å². The third-order valence-corrected chi connectivity index (χ3v) is 8.35. The second-order valence-electron chi connectivity index (χ2n) is 10.2. The first kappa shape index (κ1) is 29.4. The first-order chi connectivity index (χ1) is 20.3. The summed E-state index contributed by atoms with van der Waals surface area (Å²) in [6.45, 7) is 8.98. The maximum Gasteiger partial charge on any atom is 0.236 e. The van der Waals surface area contributed by atoms with Crippen molar-refractivity contribution in [2.45, 2.75) is 20.0 Å². The predicted molar refractivity (Wildman–Crippen MR) is 161 cm³/mol. The molecule has 4 heterocycles. The number of thiazole rings is 1. The van der Waals surface area contributed by atoms with Crippen molar-refractivity contribution in [3.63, 3.8) is 0 Å². The van der Waals surface area contributed by atoms with Gasteiger partial charge in [-0.3, -0.25) is 15.1 Å². The second-order valence-corrected chi connectivity index (χ2v) is 11.2. The zero-order valence-corrected chi connectivity index (χ0v) is 24.5. The topological polar surface area (TPSA) is 135 Å². The molecule has 1 aromatic carbocycles. The van der Waals surface area contributed by atoms with Crippen LogP contribution >= 0.6 is 11.3 Å². The molecule has 0 atom stereocenters. The molecule has 1 aromatic heterocycles. The number of rotatable bonds is 8. The summed E-state index contributed by atoms with van der Waals surface area (Å²) in [5, 5.41) is 32.0. The molecular formula is C29H34FN9O2S. The van der Waals surface area contributed by atoms with Crippen molar-refractivity contribution in [1.82, 2.24) is 25.0 Å². The van der Waals surface area contributed by atoms with Gasteiger partial charge in [0.25, 0.3) is 0 Å². The van der Waals surface area contributed by atoms with Crippen LogP contribution in [0.1, 0.15) is 18.7 Å². The number of nitriles is 1. The lowest BCUT2D eigenvalue weighted by molar-refractivity contribution is -0.142. The van der Waals surface area contributed by atoms with Crippen molar-refractivity contribution < 1.29 is 14.3 Å². The number of halogens is 1. The van der Waals surface area contributed by atoms with Crippen LogP contribution in [0.3, 0.4) is 0 Å². The van der Waals surface area contributed by atoms with E-state index in [1.807, 2.05) is 24.8 Å². The van der Waals surface area contributed by atoms with Gasteiger partial charge in [0.05, 0.1) is 18.4 Å². The van der Waals surface area contributed by atoms with E-state index in [4.69, 9.17) is 15.4 Å². The van der Waals surface area contributed by atoms with Gasteiger partial charge >= 0.3 is 0 Å². The predicted octanol–water partition coefficient (Wildman–Crippen LogP) is 2.23. The van der Waals surface area contributed by atoms with Crippen LogP contribution in [-0.2, 0) is 4.79 Å². The normalized spacial score (nSPS) is 18.8. The van der Waals surface area contributed by atoms with E-state index in [1.54, 1.807) is 23.1 Å². The van der Waals surface area contributed by atoms with Gasteiger partial charge in [-0.05, 0) is 50.3 Å². The highest BCUT2D eigenvalue weighted by Crippen LogP contribution is 2.34. The maximum atomic E-state index is 13.5. The van der Waals surface area contributed by atoms with Crippen LogP contribution in [0.25, 0.3) is 11.3 Å². The first-order valence-electron chi connectivity index (χ1n) is 14.0. The van der Waals surface area contributed by atoms with Gasteiger partial charge in [0.2, 0.25) is 5.91 Å². The lowest BCUT2D eigenvalue weighted by Gasteiger charge is -2.40. The van der Waals surface area contributed by atoms with Gasteiger partial charge in [-0.1, -0.05) is 11.3 Å². The Labute approximate surface area is 248 Å². The maximum absolute atomic E-state index is 13.5. The molecule has 2 aromatic rings. The highest BCUT2D eigenvalue weighted by atomic mass is 32.1. The molecule has 0 radical (unpaired) electrons. The zero-order chi connectivity index (χ0) is 29.8. The van der Waals surface area contributed by atoms with E-state index in [2.05, 4.69) is 21.2 Å². The van der Waals surface area contributed by atoms with Crippen LogP contribution in [0, 0.1) is 22.6 Å². The van der Waals surface area contributed by atoms with E-state index < -0.39 is 6.10 Å². The van der Waals surface area contributed by atoms with Crippen molar-refractivity contribution >= 4 is 33.9 Å². The number of carbonyl (C=O) groups excluding carboxylic acids is 1. The Morgan fingerprint density at radius 2 is 1.93 bits per heavy atom. The molecule has 0 spiro atoms. The number of anilines is 1. The van der Waals surface area contributed by atoms with Gasteiger partial charge in [0.1, 0.15) is 39.8 Å². The average molecular weight is 592 g/mol.